The summed E-state index contributed by atoms with van der Waals surface area (Å²) in [4.78, 5) is 0.272. The van der Waals surface area contributed by atoms with Crippen LogP contribution in [0.1, 0.15) is 33.6 Å². The number of likely N-dealkylation sites (N-methyl/N-ethyl adjacent to an activating group) is 1. The van der Waals surface area contributed by atoms with E-state index in [1.165, 1.54) is 0 Å². The Morgan fingerprint density at radius 2 is 1.71 bits per heavy atom. The van der Waals surface area contributed by atoms with E-state index in [0.29, 0.717) is 12.4 Å². The van der Waals surface area contributed by atoms with E-state index in [2.05, 4.69) is 10.0 Å². The molecule has 2 N–H and O–H groups in total. The third kappa shape index (κ3) is 6.03. The maximum Gasteiger partial charge on any atom is 0.240 e. The molecule has 0 heterocycles. The molecule has 6 heteroatoms. The minimum absolute atomic E-state index is 0.0222. The Morgan fingerprint density at radius 1 is 1.10 bits per heavy atom. The Kier molecular flexibility index (Phi) is 7.71. The highest BCUT2D eigenvalue weighted by Crippen LogP contribution is 2.16. The summed E-state index contributed by atoms with van der Waals surface area (Å²) in [6.07, 6.45) is 1.56. The van der Waals surface area contributed by atoms with Crippen LogP contribution in [0.3, 0.4) is 0 Å². The Bertz CT molecular complexity index is 496. The third-order valence-corrected chi connectivity index (χ3v) is 4.78. The summed E-state index contributed by atoms with van der Waals surface area (Å²) in [6.45, 7) is 8.21. The van der Waals surface area contributed by atoms with Gasteiger partial charge in [-0.05, 0) is 43.7 Å². The highest BCUT2D eigenvalue weighted by Gasteiger charge is 2.17. The molecule has 0 amide bonds. The van der Waals surface area contributed by atoms with Crippen LogP contribution in [0.2, 0.25) is 0 Å². The van der Waals surface area contributed by atoms with Crippen LogP contribution >= 0.6 is 0 Å². The standard InChI is InChI=1S/C15H26N2O3S/c1-4-13(5-2)17-21(18,19)15-9-7-14(8-10-15)20-12-11-16-6-3/h7-10,13,16-17H,4-6,11-12H2,1-3H3. The van der Waals surface area contributed by atoms with Crippen LogP contribution in [-0.4, -0.2) is 34.2 Å². The largest absolute Gasteiger partial charge is 0.492 e. The SMILES string of the molecule is CCNCCOc1ccc(S(=O)(=O)NC(CC)CC)cc1. The van der Waals surface area contributed by atoms with Crippen molar-refractivity contribution in [1.29, 1.82) is 0 Å². The summed E-state index contributed by atoms with van der Waals surface area (Å²) in [6, 6.07) is 6.51. The van der Waals surface area contributed by atoms with E-state index >= 15 is 0 Å². The molecule has 1 aromatic carbocycles. The van der Waals surface area contributed by atoms with Gasteiger partial charge in [-0.15, -0.1) is 0 Å². The molecular formula is C15H26N2O3S. The second-order valence-corrected chi connectivity index (χ2v) is 6.52. The van der Waals surface area contributed by atoms with Gasteiger partial charge in [0.1, 0.15) is 12.4 Å². The molecule has 1 aromatic rings. The zero-order chi connectivity index (χ0) is 15.7. The average Bonchev–Trinajstić information content (AvgIpc) is 2.49. The maximum atomic E-state index is 12.2. The van der Waals surface area contributed by atoms with Gasteiger partial charge in [-0.3, -0.25) is 0 Å². The molecule has 0 bridgehead atoms. The molecule has 0 radical (unpaired) electrons. The first-order chi connectivity index (χ1) is 10.0. The summed E-state index contributed by atoms with van der Waals surface area (Å²) in [5, 5.41) is 3.16. The minimum atomic E-state index is -3.45. The molecule has 0 aliphatic rings. The lowest BCUT2D eigenvalue weighted by Gasteiger charge is -2.15. The molecule has 0 spiro atoms. The summed E-state index contributed by atoms with van der Waals surface area (Å²) < 4.78 is 32.6. The molecule has 1 rings (SSSR count). The van der Waals surface area contributed by atoms with Crippen molar-refractivity contribution < 1.29 is 13.2 Å². The van der Waals surface area contributed by atoms with Gasteiger partial charge in [0.25, 0.3) is 0 Å². The third-order valence-electron chi connectivity index (χ3n) is 3.24. The number of rotatable bonds is 10. The Morgan fingerprint density at radius 3 is 2.24 bits per heavy atom. The first kappa shape index (κ1) is 17.9. The van der Waals surface area contributed by atoms with Crippen LogP contribution in [0.25, 0.3) is 0 Å². The Labute approximate surface area is 128 Å². The fourth-order valence-electron chi connectivity index (χ4n) is 1.88. The summed E-state index contributed by atoms with van der Waals surface area (Å²) >= 11 is 0. The number of benzene rings is 1. The average molecular weight is 314 g/mol. The van der Waals surface area contributed by atoms with Crippen molar-refractivity contribution in [3.05, 3.63) is 24.3 Å². The molecule has 5 nitrogen and oxygen atoms in total. The van der Waals surface area contributed by atoms with E-state index in [1.807, 2.05) is 20.8 Å². The molecule has 0 atom stereocenters. The highest BCUT2D eigenvalue weighted by molar-refractivity contribution is 7.89. The molecular weight excluding hydrogens is 288 g/mol. The van der Waals surface area contributed by atoms with E-state index in [4.69, 9.17) is 4.74 Å². The van der Waals surface area contributed by atoms with Gasteiger partial charge in [-0.25, -0.2) is 13.1 Å². The highest BCUT2D eigenvalue weighted by atomic mass is 32.2. The van der Waals surface area contributed by atoms with Gasteiger partial charge in [0.15, 0.2) is 0 Å². The zero-order valence-electron chi connectivity index (χ0n) is 13.1. The van der Waals surface area contributed by atoms with Crippen molar-refractivity contribution >= 4 is 10.0 Å². The van der Waals surface area contributed by atoms with Crippen molar-refractivity contribution in [2.75, 3.05) is 19.7 Å². The Hall–Kier alpha value is -1.11. The van der Waals surface area contributed by atoms with Gasteiger partial charge >= 0.3 is 0 Å². The second kappa shape index (κ2) is 9.02. The van der Waals surface area contributed by atoms with Crippen LogP contribution in [0.5, 0.6) is 5.75 Å². The summed E-state index contributed by atoms with van der Waals surface area (Å²) in [7, 11) is -3.45. The van der Waals surface area contributed by atoms with Gasteiger partial charge in [-0.2, -0.15) is 0 Å². The summed E-state index contributed by atoms with van der Waals surface area (Å²) in [5.41, 5.74) is 0. The molecule has 0 saturated heterocycles. The van der Waals surface area contributed by atoms with Gasteiger partial charge in [-0.1, -0.05) is 20.8 Å². The maximum absolute atomic E-state index is 12.2. The quantitative estimate of drug-likeness (QED) is 0.649. The molecule has 0 aliphatic heterocycles. The number of nitrogens with one attached hydrogen (secondary N) is 2. The van der Waals surface area contributed by atoms with Crippen LogP contribution in [0.15, 0.2) is 29.2 Å². The molecule has 0 fully saturated rings. The van der Waals surface area contributed by atoms with Crippen molar-refractivity contribution in [2.24, 2.45) is 0 Å². The molecule has 0 saturated carbocycles. The molecule has 0 unspecified atom stereocenters. The fourth-order valence-corrected chi connectivity index (χ4v) is 3.28. The lowest BCUT2D eigenvalue weighted by molar-refractivity contribution is 0.315. The van der Waals surface area contributed by atoms with Crippen molar-refractivity contribution in [2.45, 2.75) is 44.6 Å². The van der Waals surface area contributed by atoms with Crippen LogP contribution in [-0.2, 0) is 10.0 Å². The van der Waals surface area contributed by atoms with E-state index in [0.717, 1.165) is 25.9 Å². The van der Waals surface area contributed by atoms with Crippen LogP contribution in [0, 0.1) is 0 Å². The second-order valence-electron chi connectivity index (χ2n) is 4.81. The first-order valence-corrected chi connectivity index (χ1v) is 8.97. The summed E-state index contributed by atoms with van der Waals surface area (Å²) in [5.74, 6) is 0.675. The number of hydrogen-bond acceptors (Lipinski definition) is 4. The monoisotopic (exact) mass is 314 g/mol. The normalized spacial score (nSPS) is 11.8. The van der Waals surface area contributed by atoms with Crippen molar-refractivity contribution in [3.8, 4) is 5.75 Å². The molecule has 120 valence electrons. The molecule has 0 aromatic heterocycles. The Balaban J connectivity index is 2.64. The lowest BCUT2D eigenvalue weighted by atomic mass is 10.2. The van der Waals surface area contributed by atoms with E-state index in [-0.39, 0.29) is 10.9 Å². The molecule has 0 aliphatic carbocycles. The van der Waals surface area contributed by atoms with Crippen molar-refractivity contribution in [1.82, 2.24) is 10.0 Å². The van der Waals surface area contributed by atoms with E-state index in [1.54, 1.807) is 24.3 Å². The zero-order valence-corrected chi connectivity index (χ0v) is 13.9. The van der Waals surface area contributed by atoms with E-state index in [9.17, 15) is 8.42 Å². The molecule has 21 heavy (non-hydrogen) atoms. The number of ether oxygens (including phenoxy) is 1. The van der Waals surface area contributed by atoms with E-state index < -0.39 is 10.0 Å². The minimum Gasteiger partial charge on any atom is -0.492 e. The number of hydrogen-bond donors (Lipinski definition) is 2. The van der Waals surface area contributed by atoms with Gasteiger partial charge in [0, 0.05) is 12.6 Å². The van der Waals surface area contributed by atoms with Gasteiger partial charge < -0.3 is 10.1 Å². The fraction of sp³-hybridized carbons (Fsp3) is 0.600. The van der Waals surface area contributed by atoms with Gasteiger partial charge in [0.2, 0.25) is 10.0 Å². The predicted octanol–water partition coefficient (Wildman–Crippen LogP) is 2.14. The smallest absolute Gasteiger partial charge is 0.240 e. The predicted molar refractivity (Wildman–Crippen MR) is 85.2 cm³/mol. The van der Waals surface area contributed by atoms with Gasteiger partial charge in [0.05, 0.1) is 4.90 Å². The topological polar surface area (TPSA) is 67.4 Å². The van der Waals surface area contributed by atoms with Crippen LogP contribution < -0.4 is 14.8 Å². The van der Waals surface area contributed by atoms with Crippen LogP contribution in [0.4, 0.5) is 0 Å². The number of sulfonamides is 1. The van der Waals surface area contributed by atoms with Crippen molar-refractivity contribution in [3.63, 3.8) is 0 Å². The first-order valence-electron chi connectivity index (χ1n) is 7.49. The lowest BCUT2D eigenvalue weighted by Crippen LogP contribution is -2.33.